The summed E-state index contributed by atoms with van der Waals surface area (Å²) < 4.78 is 47.5. The molecule has 2 aliphatic heterocycles. The zero-order valence-corrected chi connectivity index (χ0v) is 17.8. The van der Waals surface area contributed by atoms with Crippen LogP contribution >= 0.6 is 0 Å². The number of aryl methyl sites for hydroxylation is 1. The Morgan fingerprint density at radius 2 is 2.07 bits per heavy atom. The summed E-state index contributed by atoms with van der Waals surface area (Å²) in [5, 5.41) is 2.98. The van der Waals surface area contributed by atoms with Crippen LogP contribution in [0.5, 0.6) is 0 Å². The molecule has 2 saturated heterocycles. The zero-order valence-electron chi connectivity index (χ0n) is 17.0. The molecule has 0 aromatic heterocycles. The molecule has 0 bridgehead atoms. The molecule has 1 aromatic carbocycles. The Labute approximate surface area is 171 Å². The standard InChI is InChI=1S/C21H29FN2O4S/c1-14-3-6-17(11-18(14)22)29(26,27)24-10-9-21(15(2)13-24)8-7-19(28-21)20(25)23-12-16-4-5-16/h3,6,11,15-16,19H,4-5,7-10,12-13H2,1-2H3,(H,23,25). The second kappa shape index (κ2) is 7.63. The first-order valence-corrected chi connectivity index (χ1v) is 11.9. The van der Waals surface area contributed by atoms with E-state index in [1.54, 1.807) is 6.92 Å². The van der Waals surface area contributed by atoms with Crippen molar-refractivity contribution in [1.82, 2.24) is 9.62 Å². The van der Waals surface area contributed by atoms with Crippen molar-refractivity contribution in [3.63, 3.8) is 0 Å². The lowest BCUT2D eigenvalue weighted by molar-refractivity contribution is -0.145. The number of hydrogen-bond acceptors (Lipinski definition) is 4. The van der Waals surface area contributed by atoms with Gasteiger partial charge in [-0.2, -0.15) is 4.31 Å². The van der Waals surface area contributed by atoms with Crippen LogP contribution in [0, 0.1) is 24.6 Å². The molecular weight excluding hydrogens is 395 g/mol. The van der Waals surface area contributed by atoms with E-state index in [0.717, 1.165) is 19.0 Å². The van der Waals surface area contributed by atoms with Gasteiger partial charge in [0, 0.05) is 19.6 Å². The van der Waals surface area contributed by atoms with Gasteiger partial charge in [0.25, 0.3) is 0 Å². The lowest BCUT2D eigenvalue weighted by Crippen LogP contribution is -2.53. The number of rotatable bonds is 5. The van der Waals surface area contributed by atoms with E-state index in [1.807, 2.05) is 6.92 Å². The molecule has 1 aliphatic carbocycles. The maximum atomic E-state index is 13.9. The van der Waals surface area contributed by atoms with Gasteiger partial charge in [-0.1, -0.05) is 13.0 Å². The van der Waals surface area contributed by atoms with Crippen LogP contribution in [0.4, 0.5) is 4.39 Å². The van der Waals surface area contributed by atoms with Crippen molar-refractivity contribution in [1.29, 1.82) is 0 Å². The fourth-order valence-corrected chi connectivity index (χ4v) is 5.96. The number of ether oxygens (including phenoxy) is 1. The van der Waals surface area contributed by atoms with E-state index < -0.39 is 27.5 Å². The van der Waals surface area contributed by atoms with Crippen LogP contribution in [0.2, 0.25) is 0 Å². The van der Waals surface area contributed by atoms with Crippen LogP contribution in [-0.4, -0.2) is 50.0 Å². The first-order chi connectivity index (χ1) is 13.7. The quantitative estimate of drug-likeness (QED) is 0.788. The molecule has 8 heteroatoms. The summed E-state index contributed by atoms with van der Waals surface area (Å²) in [6, 6.07) is 4.03. The molecule has 0 radical (unpaired) electrons. The number of sulfonamides is 1. The molecule has 3 unspecified atom stereocenters. The van der Waals surface area contributed by atoms with Crippen LogP contribution in [-0.2, 0) is 19.6 Å². The molecule has 29 heavy (non-hydrogen) atoms. The number of carbonyl (C=O) groups excluding carboxylic acids is 1. The third kappa shape index (κ3) is 4.07. The molecule has 3 aliphatic rings. The number of nitrogens with one attached hydrogen (secondary N) is 1. The minimum Gasteiger partial charge on any atom is -0.362 e. The minimum atomic E-state index is -3.76. The van der Waals surface area contributed by atoms with E-state index >= 15 is 0 Å². The van der Waals surface area contributed by atoms with Gasteiger partial charge in [0.15, 0.2) is 0 Å². The van der Waals surface area contributed by atoms with Gasteiger partial charge in [-0.15, -0.1) is 0 Å². The van der Waals surface area contributed by atoms with E-state index in [9.17, 15) is 17.6 Å². The van der Waals surface area contributed by atoms with E-state index in [2.05, 4.69) is 5.32 Å². The van der Waals surface area contributed by atoms with Gasteiger partial charge in [-0.05, 0) is 68.6 Å². The van der Waals surface area contributed by atoms with Gasteiger partial charge in [-0.3, -0.25) is 4.79 Å². The number of nitrogens with zero attached hydrogens (tertiary/aromatic N) is 1. The van der Waals surface area contributed by atoms with Gasteiger partial charge >= 0.3 is 0 Å². The molecule has 1 amide bonds. The molecule has 3 fully saturated rings. The fourth-order valence-electron chi connectivity index (χ4n) is 4.41. The lowest BCUT2D eigenvalue weighted by atomic mass is 9.81. The molecule has 1 spiro atoms. The smallest absolute Gasteiger partial charge is 0.249 e. The third-order valence-electron chi connectivity index (χ3n) is 6.70. The summed E-state index contributed by atoms with van der Waals surface area (Å²) in [4.78, 5) is 12.4. The number of halogens is 1. The van der Waals surface area contributed by atoms with Crippen molar-refractivity contribution >= 4 is 15.9 Å². The number of piperidine rings is 1. The topological polar surface area (TPSA) is 75.7 Å². The summed E-state index contributed by atoms with van der Waals surface area (Å²) >= 11 is 0. The summed E-state index contributed by atoms with van der Waals surface area (Å²) in [5.41, 5.74) is -0.0492. The monoisotopic (exact) mass is 424 g/mol. The van der Waals surface area contributed by atoms with E-state index in [4.69, 9.17) is 4.74 Å². The Morgan fingerprint density at radius 3 is 2.72 bits per heavy atom. The molecule has 1 N–H and O–H groups in total. The first-order valence-electron chi connectivity index (χ1n) is 10.4. The first kappa shape index (κ1) is 20.8. The molecule has 1 aromatic rings. The zero-order chi connectivity index (χ0) is 20.8. The van der Waals surface area contributed by atoms with Crippen LogP contribution < -0.4 is 5.32 Å². The van der Waals surface area contributed by atoms with Crippen molar-refractivity contribution in [2.45, 2.75) is 62.6 Å². The third-order valence-corrected chi connectivity index (χ3v) is 8.56. The molecular formula is C21H29FN2O4S. The molecule has 6 nitrogen and oxygen atoms in total. The number of carbonyl (C=O) groups is 1. The van der Waals surface area contributed by atoms with E-state index in [-0.39, 0.29) is 16.7 Å². The largest absolute Gasteiger partial charge is 0.362 e. The number of benzene rings is 1. The Morgan fingerprint density at radius 1 is 1.31 bits per heavy atom. The average Bonchev–Trinajstić information content (AvgIpc) is 3.42. The Kier molecular flexibility index (Phi) is 5.46. The number of amides is 1. The predicted octanol–water partition coefficient (Wildman–Crippen LogP) is 2.61. The van der Waals surface area contributed by atoms with Crippen molar-refractivity contribution in [3.05, 3.63) is 29.6 Å². The maximum Gasteiger partial charge on any atom is 0.249 e. The highest BCUT2D eigenvalue weighted by Crippen LogP contribution is 2.43. The van der Waals surface area contributed by atoms with Crippen LogP contribution in [0.25, 0.3) is 0 Å². The van der Waals surface area contributed by atoms with Crippen molar-refractivity contribution in [3.8, 4) is 0 Å². The maximum absolute atomic E-state index is 13.9. The SMILES string of the molecule is Cc1ccc(S(=O)(=O)N2CCC3(CCC(C(=O)NCC4CC4)O3)C(C)C2)cc1F. The Bertz CT molecular complexity index is 902. The van der Waals surface area contributed by atoms with Gasteiger partial charge in [0.2, 0.25) is 15.9 Å². The average molecular weight is 425 g/mol. The van der Waals surface area contributed by atoms with Crippen LogP contribution in [0.15, 0.2) is 23.1 Å². The fraction of sp³-hybridized carbons (Fsp3) is 0.667. The van der Waals surface area contributed by atoms with E-state index in [0.29, 0.717) is 37.4 Å². The number of hydrogen-bond donors (Lipinski definition) is 1. The molecule has 2 heterocycles. The normalized spacial score (nSPS) is 30.6. The molecule has 4 rings (SSSR count). The van der Waals surface area contributed by atoms with Gasteiger partial charge in [0.1, 0.15) is 11.9 Å². The van der Waals surface area contributed by atoms with Gasteiger partial charge in [-0.25, -0.2) is 12.8 Å². The summed E-state index contributed by atoms with van der Waals surface area (Å²) in [5.74, 6) is -0.00576. The minimum absolute atomic E-state index is 0.0200. The Balaban J connectivity index is 1.41. The molecule has 3 atom stereocenters. The van der Waals surface area contributed by atoms with Crippen LogP contribution in [0.1, 0.15) is 44.6 Å². The summed E-state index contributed by atoms with van der Waals surface area (Å²) in [6.45, 7) is 4.90. The molecule has 160 valence electrons. The second-order valence-electron chi connectivity index (χ2n) is 8.82. The Hall–Kier alpha value is -1.51. The highest BCUT2D eigenvalue weighted by molar-refractivity contribution is 7.89. The van der Waals surface area contributed by atoms with Gasteiger partial charge in [0.05, 0.1) is 10.5 Å². The van der Waals surface area contributed by atoms with Gasteiger partial charge < -0.3 is 10.1 Å². The lowest BCUT2D eigenvalue weighted by Gasteiger charge is -2.43. The second-order valence-corrected chi connectivity index (χ2v) is 10.8. The van der Waals surface area contributed by atoms with Crippen LogP contribution in [0.3, 0.4) is 0 Å². The van der Waals surface area contributed by atoms with Crippen molar-refractivity contribution in [2.75, 3.05) is 19.6 Å². The highest BCUT2D eigenvalue weighted by atomic mass is 32.2. The predicted molar refractivity (Wildman–Crippen MR) is 106 cm³/mol. The summed E-state index contributed by atoms with van der Waals surface area (Å²) in [7, 11) is -3.76. The van der Waals surface area contributed by atoms with Crippen molar-refractivity contribution in [2.24, 2.45) is 11.8 Å². The van der Waals surface area contributed by atoms with Crippen molar-refractivity contribution < 1.29 is 22.3 Å². The summed E-state index contributed by atoms with van der Waals surface area (Å²) in [6.07, 6.45) is 3.86. The highest BCUT2D eigenvalue weighted by Gasteiger charge is 2.50. The molecule has 1 saturated carbocycles. The van der Waals surface area contributed by atoms with E-state index in [1.165, 1.54) is 29.3 Å².